The number of rotatable bonds is 4. The minimum absolute atomic E-state index is 0.165. The van der Waals surface area contributed by atoms with Crippen LogP contribution in [0.3, 0.4) is 0 Å². The first kappa shape index (κ1) is 17.0. The molecule has 0 N–H and O–H groups in total. The number of hydrogen-bond acceptors (Lipinski definition) is 5. The van der Waals surface area contributed by atoms with E-state index in [9.17, 15) is 0 Å². The van der Waals surface area contributed by atoms with Crippen LogP contribution in [0.2, 0.25) is 0 Å². The Hall–Kier alpha value is -1.40. The van der Waals surface area contributed by atoms with Crippen LogP contribution in [-0.4, -0.2) is 49.7 Å². The van der Waals surface area contributed by atoms with Gasteiger partial charge in [-0.05, 0) is 35.8 Å². The van der Waals surface area contributed by atoms with Crippen molar-refractivity contribution in [3.63, 3.8) is 0 Å². The van der Waals surface area contributed by atoms with Gasteiger partial charge in [0.05, 0.1) is 12.1 Å². The van der Waals surface area contributed by atoms with Crippen LogP contribution >= 0.6 is 11.8 Å². The Balaban J connectivity index is 1.70. The second-order valence-corrected chi connectivity index (χ2v) is 8.46. The zero-order valence-corrected chi connectivity index (χ0v) is 15.8. The topological polar surface area (TPSA) is 46.8 Å². The maximum Gasteiger partial charge on any atom is 0.173 e. The molecule has 0 bridgehead atoms. The summed E-state index contributed by atoms with van der Waals surface area (Å²) in [6.07, 6.45) is 6.33. The Morgan fingerprint density at radius 2 is 1.76 bits per heavy atom. The molecule has 1 aliphatic heterocycles. The van der Waals surface area contributed by atoms with Crippen molar-refractivity contribution < 1.29 is 0 Å². The molecule has 0 radical (unpaired) electrons. The molecule has 134 valence electrons. The van der Waals surface area contributed by atoms with Gasteiger partial charge in [0.25, 0.3) is 0 Å². The molecule has 2 fully saturated rings. The van der Waals surface area contributed by atoms with E-state index in [0.29, 0.717) is 6.04 Å². The average Bonchev–Trinajstić information content (AvgIpc) is 3.14. The van der Waals surface area contributed by atoms with Crippen LogP contribution in [0.5, 0.6) is 0 Å². The maximum atomic E-state index is 4.52. The molecule has 2 aliphatic rings. The van der Waals surface area contributed by atoms with Crippen LogP contribution in [0, 0.1) is 6.92 Å². The summed E-state index contributed by atoms with van der Waals surface area (Å²) in [6, 6.07) is 9.54. The summed E-state index contributed by atoms with van der Waals surface area (Å²) in [4.78, 5) is 2.56. The van der Waals surface area contributed by atoms with Gasteiger partial charge in [-0.15, -0.1) is 5.10 Å². The number of nitrogens with zero attached hydrogens (tertiary/aromatic N) is 5. The van der Waals surface area contributed by atoms with Gasteiger partial charge in [-0.3, -0.25) is 4.90 Å². The van der Waals surface area contributed by atoms with Gasteiger partial charge in [-0.25, -0.2) is 4.68 Å². The molecule has 1 saturated heterocycles. The summed E-state index contributed by atoms with van der Waals surface area (Å²) >= 11 is 2.04. The van der Waals surface area contributed by atoms with E-state index in [1.165, 1.54) is 54.7 Å². The number of thioether (sulfide) groups is 1. The van der Waals surface area contributed by atoms with E-state index in [1.807, 2.05) is 11.8 Å². The highest BCUT2D eigenvalue weighted by Crippen LogP contribution is 2.34. The number of tetrazole rings is 1. The second kappa shape index (κ2) is 7.87. The van der Waals surface area contributed by atoms with Crippen molar-refractivity contribution >= 4 is 11.8 Å². The predicted molar refractivity (Wildman–Crippen MR) is 102 cm³/mol. The Labute approximate surface area is 154 Å². The molecule has 5 nitrogen and oxygen atoms in total. The number of aryl methyl sites for hydroxylation is 1. The smallest absolute Gasteiger partial charge is 0.173 e. The molecule has 0 unspecified atom stereocenters. The van der Waals surface area contributed by atoms with Crippen molar-refractivity contribution in [1.82, 2.24) is 25.1 Å². The van der Waals surface area contributed by atoms with E-state index in [1.54, 1.807) is 0 Å². The summed E-state index contributed by atoms with van der Waals surface area (Å²) in [6.45, 7) is 4.34. The number of aromatic nitrogens is 4. The molecule has 1 aliphatic carbocycles. The quantitative estimate of drug-likeness (QED) is 0.836. The predicted octanol–water partition coefficient (Wildman–Crippen LogP) is 3.62. The number of benzene rings is 1. The fraction of sp³-hybridized carbons (Fsp3) is 0.632. The van der Waals surface area contributed by atoms with Gasteiger partial charge in [-0.1, -0.05) is 49.1 Å². The largest absolute Gasteiger partial charge is 0.288 e. The Morgan fingerprint density at radius 1 is 1.04 bits per heavy atom. The van der Waals surface area contributed by atoms with Gasteiger partial charge in [0.1, 0.15) is 0 Å². The molecule has 25 heavy (non-hydrogen) atoms. The Bertz CT molecular complexity index is 671. The monoisotopic (exact) mass is 357 g/mol. The Kier molecular flexibility index (Phi) is 5.36. The molecule has 1 atom stereocenters. The van der Waals surface area contributed by atoms with E-state index < -0.39 is 0 Å². The number of hydrogen-bond donors (Lipinski definition) is 0. The molecule has 1 aromatic carbocycles. The van der Waals surface area contributed by atoms with Crippen molar-refractivity contribution in [3.05, 3.63) is 41.2 Å². The van der Waals surface area contributed by atoms with Crippen LogP contribution in [0.1, 0.15) is 61.1 Å². The molecular weight excluding hydrogens is 330 g/mol. The first-order valence-corrected chi connectivity index (χ1v) is 10.6. The van der Waals surface area contributed by atoms with Gasteiger partial charge in [0.15, 0.2) is 5.82 Å². The van der Waals surface area contributed by atoms with Crippen LogP contribution in [-0.2, 0) is 0 Å². The van der Waals surface area contributed by atoms with Crippen LogP contribution < -0.4 is 0 Å². The van der Waals surface area contributed by atoms with Crippen molar-refractivity contribution in [3.8, 4) is 0 Å². The van der Waals surface area contributed by atoms with Crippen molar-refractivity contribution in [2.75, 3.05) is 24.6 Å². The highest BCUT2D eigenvalue weighted by molar-refractivity contribution is 7.99. The molecule has 1 saturated carbocycles. The SMILES string of the molecule is Cc1ccc([C@H](c2nnnn2C2CCCCC2)N2CCSCC2)cc1. The zero-order valence-electron chi connectivity index (χ0n) is 15.0. The first-order valence-electron chi connectivity index (χ1n) is 9.49. The molecule has 2 aromatic rings. The second-order valence-electron chi connectivity index (χ2n) is 7.24. The zero-order chi connectivity index (χ0) is 17.1. The lowest BCUT2D eigenvalue weighted by Gasteiger charge is -2.35. The van der Waals surface area contributed by atoms with Crippen LogP contribution in [0.4, 0.5) is 0 Å². The minimum atomic E-state index is 0.165. The summed E-state index contributed by atoms with van der Waals surface area (Å²) < 4.78 is 2.14. The molecule has 1 aromatic heterocycles. The van der Waals surface area contributed by atoms with Gasteiger partial charge < -0.3 is 0 Å². The van der Waals surface area contributed by atoms with Gasteiger partial charge in [0.2, 0.25) is 0 Å². The third-order valence-electron chi connectivity index (χ3n) is 5.49. The van der Waals surface area contributed by atoms with Gasteiger partial charge in [-0.2, -0.15) is 11.8 Å². The lowest BCUT2D eigenvalue weighted by Crippen LogP contribution is -2.38. The fourth-order valence-corrected chi connectivity index (χ4v) is 5.01. The molecule has 6 heteroatoms. The third kappa shape index (κ3) is 3.75. The maximum absolute atomic E-state index is 4.52. The molecule has 0 amide bonds. The molecule has 0 spiro atoms. The molecule has 4 rings (SSSR count). The fourth-order valence-electron chi connectivity index (χ4n) is 4.07. The van der Waals surface area contributed by atoms with Gasteiger partial charge >= 0.3 is 0 Å². The molecular formula is C19H27N5S. The summed E-state index contributed by atoms with van der Waals surface area (Å²) in [5.74, 6) is 3.41. The summed E-state index contributed by atoms with van der Waals surface area (Å²) in [5.41, 5.74) is 2.60. The van der Waals surface area contributed by atoms with Crippen molar-refractivity contribution in [1.29, 1.82) is 0 Å². The Morgan fingerprint density at radius 3 is 2.48 bits per heavy atom. The van der Waals surface area contributed by atoms with Crippen molar-refractivity contribution in [2.24, 2.45) is 0 Å². The highest BCUT2D eigenvalue weighted by atomic mass is 32.2. The van der Waals surface area contributed by atoms with Crippen LogP contribution in [0.25, 0.3) is 0 Å². The third-order valence-corrected chi connectivity index (χ3v) is 6.43. The average molecular weight is 358 g/mol. The van der Waals surface area contributed by atoms with E-state index in [-0.39, 0.29) is 6.04 Å². The van der Waals surface area contributed by atoms with E-state index in [4.69, 9.17) is 0 Å². The van der Waals surface area contributed by atoms with E-state index in [0.717, 1.165) is 18.9 Å². The molecule has 2 heterocycles. The summed E-state index contributed by atoms with van der Waals surface area (Å²) in [7, 11) is 0. The minimum Gasteiger partial charge on any atom is -0.288 e. The standard InChI is InChI=1S/C19H27N5S/c1-15-7-9-16(10-8-15)18(23-11-13-25-14-12-23)19-20-21-22-24(19)17-5-3-2-4-6-17/h7-10,17-18H,2-6,11-14H2,1H3/t18-/m1/s1. The van der Waals surface area contributed by atoms with Gasteiger partial charge in [0, 0.05) is 24.6 Å². The summed E-state index contributed by atoms with van der Waals surface area (Å²) in [5, 5.41) is 13.0. The van der Waals surface area contributed by atoms with Crippen molar-refractivity contribution in [2.45, 2.75) is 51.1 Å². The lowest BCUT2D eigenvalue weighted by atomic mass is 9.95. The first-order chi connectivity index (χ1) is 12.3. The van der Waals surface area contributed by atoms with Crippen LogP contribution in [0.15, 0.2) is 24.3 Å². The highest BCUT2D eigenvalue weighted by Gasteiger charge is 2.31. The van der Waals surface area contributed by atoms with E-state index in [2.05, 4.69) is 56.3 Å². The van der Waals surface area contributed by atoms with E-state index >= 15 is 0 Å². The normalized spacial score (nSPS) is 21.3. The lowest BCUT2D eigenvalue weighted by molar-refractivity contribution is 0.222.